The average molecular weight is 193 g/mol. The monoisotopic (exact) mass is 193 g/mol. The van der Waals surface area contributed by atoms with Crippen molar-refractivity contribution in [3.8, 4) is 17.9 Å². The lowest BCUT2D eigenvalue weighted by atomic mass is 10.1. The molecule has 0 saturated heterocycles. The average Bonchev–Trinajstić information content (AvgIpc) is 2.21. The quantitative estimate of drug-likeness (QED) is 0.460. The minimum Gasteiger partial charge on any atom is -0.354 e. The SMILES string of the molecule is CCCCCCCC#CCOCC#N. The van der Waals surface area contributed by atoms with Crippen LogP contribution in [0.2, 0.25) is 0 Å². The Hall–Kier alpha value is -0.990. The summed E-state index contributed by atoms with van der Waals surface area (Å²) in [5, 5.41) is 8.17. The van der Waals surface area contributed by atoms with Crippen LogP contribution in [0.1, 0.15) is 45.4 Å². The van der Waals surface area contributed by atoms with E-state index in [1.165, 1.54) is 32.1 Å². The van der Waals surface area contributed by atoms with Crippen molar-refractivity contribution in [3.63, 3.8) is 0 Å². The first-order valence-electron chi connectivity index (χ1n) is 5.32. The molecule has 0 unspecified atom stereocenters. The molecule has 0 saturated carbocycles. The lowest BCUT2D eigenvalue weighted by molar-refractivity contribution is 0.203. The van der Waals surface area contributed by atoms with Gasteiger partial charge in [0, 0.05) is 6.42 Å². The highest BCUT2D eigenvalue weighted by atomic mass is 16.5. The minimum atomic E-state index is 0.144. The van der Waals surface area contributed by atoms with E-state index in [1.54, 1.807) is 0 Å². The highest BCUT2D eigenvalue weighted by Crippen LogP contribution is 2.03. The van der Waals surface area contributed by atoms with Crippen molar-refractivity contribution in [2.24, 2.45) is 0 Å². The van der Waals surface area contributed by atoms with Gasteiger partial charge in [0.2, 0.25) is 0 Å². The molecule has 0 bridgehead atoms. The van der Waals surface area contributed by atoms with Crippen molar-refractivity contribution in [2.45, 2.75) is 45.4 Å². The van der Waals surface area contributed by atoms with Crippen molar-refractivity contribution >= 4 is 0 Å². The largest absolute Gasteiger partial charge is 0.354 e. The third-order valence-electron chi connectivity index (χ3n) is 1.87. The lowest BCUT2D eigenvalue weighted by Crippen LogP contribution is -1.90. The van der Waals surface area contributed by atoms with Crippen LogP contribution >= 0.6 is 0 Å². The molecule has 0 heterocycles. The van der Waals surface area contributed by atoms with Gasteiger partial charge in [0.05, 0.1) is 6.07 Å². The molecule has 0 N–H and O–H groups in total. The number of ether oxygens (including phenoxy) is 1. The first kappa shape index (κ1) is 13.0. The minimum absolute atomic E-state index is 0.144. The number of nitriles is 1. The summed E-state index contributed by atoms with van der Waals surface area (Å²) in [5.41, 5.74) is 0. The molecule has 78 valence electrons. The molecule has 0 fully saturated rings. The molecular formula is C12H19NO. The zero-order valence-electron chi connectivity index (χ0n) is 9.01. The predicted molar refractivity (Wildman–Crippen MR) is 57.6 cm³/mol. The standard InChI is InChI=1S/C12H19NO/c1-2-3-4-5-6-7-8-9-11-14-12-10-13/h2-7,11-12H2,1H3. The fourth-order valence-corrected chi connectivity index (χ4v) is 1.10. The number of hydrogen-bond acceptors (Lipinski definition) is 2. The molecule has 2 nitrogen and oxygen atoms in total. The Kier molecular flexibility index (Phi) is 11.2. The molecule has 0 radical (unpaired) electrons. The number of unbranched alkanes of at least 4 members (excludes halogenated alkanes) is 5. The summed E-state index contributed by atoms with van der Waals surface area (Å²) >= 11 is 0. The normalized spacial score (nSPS) is 8.86. The fourth-order valence-electron chi connectivity index (χ4n) is 1.10. The number of rotatable bonds is 7. The Morgan fingerprint density at radius 1 is 1.00 bits per heavy atom. The van der Waals surface area contributed by atoms with Crippen molar-refractivity contribution in [1.29, 1.82) is 5.26 Å². The molecule has 14 heavy (non-hydrogen) atoms. The second kappa shape index (κ2) is 12.0. The summed E-state index contributed by atoms with van der Waals surface area (Å²) in [4.78, 5) is 0. The maximum absolute atomic E-state index is 8.17. The van der Waals surface area contributed by atoms with E-state index >= 15 is 0 Å². The van der Waals surface area contributed by atoms with Gasteiger partial charge in [-0.15, -0.1) is 5.92 Å². The van der Waals surface area contributed by atoms with E-state index in [0.29, 0.717) is 6.61 Å². The zero-order chi connectivity index (χ0) is 10.5. The topological polar surface area (TPSA) is 33.0 Å². The van der Waals surface area contributed by atoms with Gasteiger partial charge < -0.3 is 4.74 Å². The third kappa shape index (κ3) is 11.0. The molecule has 0 aromatic rings. The van der Waals surface area contributed by atoms with Gasteiger partial charge in [-0.05, 0) is 6.42 Å². The first-order valence-corrected chi connectivity index (χ1v) is 5.32. The van der Waals surface area contributed by atoms with Crippen LogP contribution in [0.25, 0.3) is 0 Å². The Morgan fingerprint density at radius 3 is 2.50 bits per heavy atom. The van der Waals surface area contributed by atoms with Crippen LogP contribution in [0.4, 0.5) is 0 Å². The van der Waals surface area contributed by atoms with Crippen LogP contribution < -0.4 is 0 Å². The Balaban J connectivity index is 3.06. The third-order valence-corrected chi connectivity index (χ3v) is 1.87. The lowest BCUT2D eigenvalue weighted by Gasteiger charge is -1.94. The van der Waals surface area contributed by atoms with E-state index in [9.17, 15) is 0 Å². The van der Waals surface area contributed by atoms with Crippen LogP contribution in [0, 0.1) is 23.2 Å². The van der Waals surface area contributed by atoms with Crippen LogP contribution in [0.3, 0.4) is 0 Å². The van der Waals surface area contributed by atoms with Crippen molar-refractivity contribution in [3.05, 3.63) is 0 Å². The van der Waals surface area contributed by atoms with E-state index in [1.807, 2.05) is 6.07 Å². The van der Waals surface area contributed by atoms with Gasteiger partial charge in [-0.3, -0.25) is 0 Å². The van der Waals surface area contributed by atoms with Gasteiger partial charge in [0.1, 0.15) is 13.2 Å². The van der Waals surface area contributed by atoms with E-state index < -0.39 is 0 Å². The second-order valence-electron chi connectivity index (χ2n) is 3.17. The van der Waals surface area contributed by atoms with Crippen molar-refractivity contribution in [1.82, 2.24) is 0 Å². The van der Waals surface area contributed by atoms with Gasteiger partial charge in [-0.2, -0.15) is 5.26 Å². The maximum Gasteiger partial charge on any atom is 0.134 e. The molecule has 0 atom stereocenters. The van der Waals surface area contributed by atoms with Crippen LogP contribution in [-0.2, 0) is 4.74 Å². The summed E-state index contributed by atoms with van der Waals surface area (Å²) in [5.74, 6) is 5.92. The van der Waals surface area contributed by atoms with E-state index in [-0.39, 0.29) is 6.61 Å². The van der Waals surface area contributed by atoms with Gasteiger partial charge >= 0.3 is 0 Å². The van der Waals surface area contributed by atoms with Crippen molar-refractivity contribution in [2.75, 3.05) is 13.2 Å². The fraction of sp³-hybridized carbons (Fsp3) is 0.750. The van der Waals surface area contributed by atoms with Crippen molar-refractivity contribution < 1.29 is 4.74 Å². The second-order valence-corrected chi connectivity index (χ2v) is 3.17. The Bertz CT molecular complexity index is 207. The molecule has 0 spiro atoms. The molecule has 0 amide bonds. The Labute approximate surface area is 87.3 Å². The number of hydrogen-bond donors (Lipinski definition) is 0. The highest BCUT2D eigenvalue weighted by molar-refractivity contribution is 4.99. The predicted octanol–water partition coefficient (Wildman–Crippen LogP) is 2.89. The van der Waals surface area contributed by atoms with Crippen LogP contribution in [0.5, 0.6) is 0 Å². The number of nitrogens with zero attached hydrogens (tertiary/aromatic N) is 1. The molecule has 2 heteroatoms. The maximum atomic E-state index is 8.17. The molecule has 0 rings (SSSR count). The van der Waals surface area contributed by atoms with E-state index in [4.69, 9.17) is 10.00 Å². The smallest absolute Gasteiger partial charge is 0.134 e. The molecule has 0 aliphatic carbocycles. The van der Waals surface area contributed by atoms with E-state index in [0.717, 1.165) is 6.42 Å². The molecule has 0 aromatic heterocycles. The van der Waals surface area contributed by atoms with Gasteiger partial charge in [0.15, 0.2) is 0 Å². The summed E-state index contributed by atoms with van der Waals surface area (Å²) in [6.45, 7) is 2.75. The zero-order valence-corrected chi connectivity index (χ0v) is 9.01. The first-order chi connectivity index (χ1) is 6.91. The van der Waals surface area contributed by atoms with Crippen LogP contribution in [-0.4, -0.2) is 13.2 Å². The molecular weight excluding hydrogens is 174 g/mol. The summed E-state index contributed by atoms with van der Waals surface area (Å²) in [6, 6.07) is 1.90. The van der Waals surface area contributed by atoms with Gasteiger partial charge in [-0.25, -0.2) is 0 Å². The van der Waals surface area contributed by atoms with Gasteiger partial charge in [-0.1, -0.05) is 38.5 Å². The molecule has 0 aromatic carbocycles. The Morgan fingerprint density at radius 2 is 1.79 bits per heavy atom. The van der Waals surface area contributed by atoms with Crippen LogP contribution in [0.15, 0.2) is 0 Å². The summed E-state index contributed by atoms with van der Waals surface area (Å²) in [7, 11) is 0. The molecule has 0 aliphatic heterocycles. The summed E-state index contributed by atoms with van der Waals surface area (Å²) in [6.07, 6.45) is 7.36. The van der Waals surface area contributed by atoms with E-state index in [2.05, 4.69) is 18.8 Å². The highest BCUT2D eigenvalue weighted by Gasteiger charge is 1.85. The summed E-state index contributed by atoms with van der Waals surface area (Å²) < 4.78 is 4.89. The molecule has 0 aliphatic rings. The van der Waals surface area contributed by atoms with Gasteiger partial charge in [0.25, 0.3) is 0 Å².